The maximum Gasteiger partial charge on any atom is 0.324 e. The minimum absolute atomic E-state index is 0.325. The Morgan fingerprint density at radius 3 is 1.88 bits per heavy atom. The van der Waals surface area contributed by atoms with Crippen LogP contribution in [-0.4, -0.2) is 15.7 Å². The highest BCUT2D eigenvalue weighted by Crippen LogP contribution is 2.41. The first-order valence-corrected chi connectivity index (χ1v) is 12.2. The van der Waals surface area contributed by atoms with E-state index < -0.39 is 5.92 Å². The lowest BCUT2D eigenvalue weighted by molar-refractivity contribution is -0.135. The van der Waals surface area contributed by atoms with Crippen LogP contribution in [0.5, 0.6) is 5.88 Å². The van der Waals surface area contributed by atoms with Crippen molar-refractivity contribution in [3.8, 4) is 5.88 Å². The molecule has 34 heavy (non-hydrogen) atoms. The average Bonchev–Trinajstić information content (AvgIpc) is 3.12. The molecule has 0 N–H and O–H groups in total. The Labute approximate surface area is 206 Å². The van der Waals surface area contributed by atoms with Crippen molar-refractivity contribution < 1.29 is 9.53 Å². The highest BCUT2D eigenvalue weighted by Gasteiger charge is 2.31. The molecule has 174 valence electrons. The number of esters is 1. The van der Waals surface area contributed by atoms with Gasteiger partial charge in [-0.1, -0.05) is 90.1 Å². The Hall–Kier alpha value is -3.31. The van der Waals surface area contributed by atoms with E-state index in [1.807, 2.05) is 72.3 Å². The van der Waals surface area contributed by atoms with Gasteiger partial charge in [0.1, 0.15) is 5.92 Å². The average molecular weight is 471 g/mol. The highest BCUT2D eigenvalue weighted by molar-refractivity contribution is 7.99. The van der Waals surface area contributed by atoms with Crippen LogP contribution in [0.25, 0.3) is 0 Å². The number of carbonyl (C=O) groups is 1. The number of ether oxygens (including phenoxy) is 1. The van der Waals surface area contributed by atoms with Gasteiger partial charge in [-0.2, -0.15) is 5.10 Å². The summed E-state index contributed by atoms with van der Waals surface area (Å²) < 4.78 is 8.05. The maximum atomic E-state index is 13.8. The molecular formula is C29H30N2O2S. The van der Waals surface area contributed by atoms with Crippen LogP contribution < -0.4 is 4.74 Å². The Bertz CT molecular complexity index is 1220. The van der Waals surface area contributed by atoms with Crippen LogP contribution in [0.3, 0.4) is 0 Å². The van der Waals surface area contributed by atoms with Crippen molar-refractivity contribution in [3.05, 3.63) is 107 Å². The molecule has 0 radical (unpaired) electrons. The van der Waals surface area contributed by atoms with E-state index in [0.29, 0.717) is 5.88 Å². The summed E-state index contributed by atoms with van der Waals surface area (Å²) in [6, 6.07) is 27.9. The molecule has 0 aliphatic rings. The molecule has 0 spiro atoms. The Balaban J connectivity index is 1.76. The largest absolute Gasteiger partial charge is 0.406 e. The van der Waals surface area contributed by atoms with Gasteiger partial charge in [0.05, 0.1) is 16.1 Å². The quantitative estimate of drug-likeness (QED) is 0.281. The van der Waals surface area contributed by atoms with Gasteiger partial charge in [0.2, 0.25) is 5.88 Å². The lowest BCUT2D eigenvalue weighted by Gasteiger charge is -2.23. The van der Waals surface area contributed by atoms with Gasteiger partial charge >= 0.3 is 5.97 Å². The van der Waals surface area contributed by atoms with Crippen molar-refractivity contribution in [2.75, 3.05) is 0 Å². The predicted molar refractivity (Wildman–Crippen MR) is 138 cm³/mol. The molecule has 4 aromatic rings. The van der Waals surface area contributed by atoms with Gasteiger partial charge < -0.3 is 4.74 Å². The summed E-state index contributed by atoms with van der Waals surface area (Å²) in [6.07, 6.45) is 0. The fraction of sp³-hybridized carbons (Fsp3) is 0.241. The van der Waals surface area contributed by atoms with Crippen LogP contribution in [0, 0.1) is 13.8 Å². The molecule has 0 saturated carbocycles. The van der Waals surface area contributed by atoms with Crippen LogP contribution in [0.2, 0.25) is 0 Å². The smallest absolute Gasteiger partial charge is 0.324 e. The Morgan fingerprint density at radius 1 is 0.853 bits per heavy atom. The van der Waals surface area contributed by atoms with E-state index in [4.69, 9.17) is 9.84 Å². The summed E-state index contributed by atoms with van der Waals surface area (Å²) in [5.41, 5.74) is 3.46. The summed E-state index contributed by atoms with van der Waals surface area (Å²) in [4.78, 5) is 15.7. The van der Waals surface area contributed by atoms with Crippen LogP contribution in [0.4, 0.5) is 0 Å². The molecule has 0 aliphatic carbocycles. The number of aryl methyl sites for hydroxylation is 2. The normalized spacial score (nSPS) is 11.6. The van der Waals surface area contributed by atoms with Gasteiger partial charge in [0, 0.05) is 4.90 Å². The topological polar surface area (TPSA) is 44.1 Å². The molecule has 0 fully saturated rings. The molecule has 0 saturated heterocycles. The summed E-state index contributed by atoms with van der Waals surface area (Å²) in [5.74, 6) is -0.380. The van der Waals surface area contributed by atoms with Crippen molar-refractivity contribution >= 4 is 17.7 Å². The molecule has 0 amide bonds. The molecule has 0 unspecified atom stereocenters. The van der Waals surface area contributed by atoms with Crippen LogP contribution >= 0.6 is 11.8 Å². The second-order valence-electron chi connectivity index (χ2n) is 9.39. The lowest BCUT2D eigenvalue weighted by Crippen LogP contribution is -2.27. The fourth-order valence-corrected chi connectivity index (χ4v) is 4.70. The van der Waals surface area contributed by atoms with E-state index in [0.717, 1.165) is 26.6 Å². The molecular weight excluding hydrogens is 440 g/mol. The number of aromatic nitrogens is 2. The first kappa shape index (κ1) is 23.8. The second-order valence-corrected chi connectivity index (χ2v) is 10.5. The first-order valence-electron chi connectivity index (χ1n) is 11.4. The van der Waals surface area contributed by atoms with Crippen LogP contribution in [-0.2, 0) is 10.3 Å². The zero-order valence-electron chi connectivity index (χ0n) is 20.3. The zero-order valence-corrected chi connectivity index (χ0v) is 21.1. The third-order valence-corrected chi connectivity index (χ3v) is 6.72. The summed E-state index contributed by atoms with van der Waals surface area (Å²) in [5, 5.41) is 4.77. The molecule has 0 aliphatic heterocycles. The Kier molecular flexibility index (Phi) is 6.94. The number of nitrogens with zero attached hydrogens (tertiary/aromatic N) is 2. The summed E-state index contributed by atoms with van der Waals surface area (Å²) in [7, 11) is 0. The van der Waals surface area contributed by atoms with E-state index in [1.54, 1.807) is 11.8 Å². The third kappa shape index (κ3) is 5.26. The molecule has 5 heteroatoms. The van der Waals surface area contributed by atoms with E-state index in [-0.39, 0.29) is 11.5 Å². The molecule has 0 bridgehead atoms. The summed E-state index contributed by atoms with van der Waals surface area (Å²) >= 11 is 1.57. The standard InChI is InChI=1S/C29H30N2O2S/c1-20-16-18-24(19-17-20)34-26-21(2)30-31(29(3,4)5)27(26)33-28(32)25(22-12-8-6-9-13-22)23-14-10-7-11-15-23/h6-19,25H,1-5H3. The van der Waals surface area contributed by atoms with Crippen LogP contribution in [0.15, 0.2) is 94.7 Å². The van der Waals surface area contributed by atoms with Crippen molar-refractivity contribution in [2.45, 2.75) is 55.9 Å². The van der Waals surface area contributed by atoms with Gasteiger partial charge in [-0.15, -0.1) is 0 Å². The van der Waals surface area contributed by atoms with Crippen molar-refractivity contribution in [3.63, 3.8) is 0 Å². The predicted octanol–water partition coefficient (Wildman–Crippen LogP) is 7.14. The number of rotatable bonds is 6. The monoisotopic (exact) mass is 470 g/mol. The van der Waals surface area contributed by atoms with Crippen molar-refractivity contribution in [1.82, 2.24) is 9.78 Å². The van der Waals surface area contributed by atoms with Crippen molar-refractivity contribution in [2.24, 2.45) is 0 Å². The van der Waals surface area contributed by atoms with Gasteiger partial charge in [0.15, 0.2) is 0 Å². The SMILES string of the molecule is Cc1ccc(Sc2c(C)nn(C(C)(C)C)c2OC(=O)C(c2ccccc2)c2ccccc2)cc1. The van der Waals surface area contributed by atoms with Gasteiger partial charge in [-0.05, 0) is 57.9 Å². The van der Waals surface area contributed by atoms with Gasteiger partial charge in [0.25, 0.3) is 0 Å². The maximum absolute atomic E-state index is 13.8. The van der Waals surface area contributed by atoms with Crippen molar-refractivity contribution in [1.29, 1.82) is 0 Å². The number of carbonyl (C=O) groups excluding carboxylic acids is 1. The minimum Gasteiger partial charge on any atom is -0.406 e. The Morgan fingerprint density at radius 2 is 1.38 bits per heavy atom. The molecule has 4 nitrogen and oxygen atoms in total. The molecule has 1 heterocycles. The lowest BCUT2D eigenvalue weighted by atomic mass is 9.91. The third-order valence-electron chi connectivity index (χ3n) is 5.54. The number of hydrogen-bond donors (Lipinski definition) is 0. The van der Waals surface area contributed by atoms with Gasteiger partial charge in [-0.3, -0.25) is 4.79 Å². The molecule has 3 aromatic carbocycles. The van der Waals surface area contributed by atoms with E-state index in [1.165, 1.54) is 5.56 Å². The second kappa shape index (κ2) is 9.90. The first-order chi connectivity index (χ1) is 16.2. The number of benzene rings is 3. The molecule has 0 atom stereocenters. The van der Waals surface area contributed by atoms with E-state index in [2.05, 4.69) is 52.0 Å². The van der Waals surface area contributed by atoms with Crippen LogP contribution in [0.1, 0.15) is 49.1 Å². The number of hydrogen-bond acceptors (Lipinski definition) is 4. The van der Waals surface area contributed by atoms with E-state index in [9.17, 15) is 4.79 Å². The minimum atomic E-state index is -0.539. The summed E-state index contributed by atoms with van der Waals surface area (Å²) in [6.45, 7) is 10.2. The van der Waals surface area contributed by atoms with E-state index >= 15 is 0 Å². The van der Waals surface area contributed by atoms with Gasteiger partial charge in [-0.25, -0.2) is 4.68 Å². The molecule has 4 rings (SSSR count). The zero-order chi connectivity index (χ0) is 24.3. The fourth-order valence-electron chi connectivity index (χ4n) is 3.79. The molecule has 1 aromatic heterocycles. The highest BCUT2D eigenvalue weighted by atomic mass is 32.2.